The first-order valence-corrected chi connectivity index (χ1v) is 8.84. The maximum Gasteiger partial charge on any atom is 0.272 e. The summed E-state index contributed by atoms with van der Waals surface area (Å²) in [4.78, 5) is 28.4. The van der Waals surface area contributed by atoms with E-state index in [9.17, 15) is 9.59 Å². The lowest BCUT2D eigenvalue weighted by molar-refractivity contribution is 0.0910. The number of aromatic nitrogens is 1. The summed E-state index contributed by atoms with van der Waals surface area (Å²) in [5.41, 5.74) is 4.77. The Hall–Kier alpha value is -2.36. The van der Waals surface area contributed by atoms with Gasteiger partial charge in [-0.25, -0.2) is 0 Å². The Morgan fingerprint density at radius 1 is 1.16 bits per heavy atom. The number of H-pyrrole nitrogens is 1. The largest absolute Gasteiger partial charge is 0.354 e. The number of hydrogen-bond donors (Lipinski definition) is 2. The van der Waals surface area contributed by atoms with E-state index in [1.165, 1.54) is 5.56 Å². The van der Waals surface area contributed by atoms with Crippen LogP contribution in [0.5, 0.6) is 0 Å². The molecule has 0 spiro atoms. The lowest BCUT2D eigenvalue weighted by atomic mass is 9.75. The molecule has 4 heteroatoms. The number of rotatable bonds is 3. The van der Waals surface area contributed by atoms with Crippen LogP contribution in [0.3, 0.4) is 0 Å². The third-order valence-electron chi connectivity index (χ3n) is 4.96. The predicted molar refractivity (Wildman–Crippen MR) is 100 cm³/mol. The average molecular weight is 338 g/mol. The smallest absolute Gasteiger partial charge is 0.272 e. The zero-order valence-corrected chi connectivity index (χ0v) is 15.6. The van der Waals surface area contributed by atoms with Gasteiger partial charge in [0.1, 0.15) is 5.69 Å². The van der Waals surface area contributed by atoms with Crippen LogP contribution < -0.4 is 5.32 Å². The van der Waals surface area contributed by atoms with Crippen molar-refractivity contribution in [2.24, 2.45) is 5.41 Å². The lowest BCUT2D eigenvalue weighted by Crippen LogP contribution is -2.26. The molecule has 0 unspecified atom stereocenters. The average Bonchev–Trinajstić information content (AvgIpc) is 2.83. The fraction of sp³-hybridized carbons (Fsp3) is 0.429. The maximum atomic E-state index is 12.7. The predicted octanol–water partition coefficient (Wildman–Crippen LogP) is 4.85. The van der Waals surface area contributed by atoms with E-state index in [2.05, 4.69) is 38.0 Å². The second kappa shape index (κ2) is 6.17. The zero-order valence-electron chi connectivity index (χ0n) is 15.6. The number of nitrogens with one attached hydrogen (secondary N) is 2. The van der Waals surface area contributed by atoms with E-state index in [0.717, 1.165) is 23.4 Å². The third kappa shape index (κ3) is 3.39. The molecule has 25 heavy (non-hydrogen) atoms. The molecule has 0 atom stereocenters. The van der Waals surface area contributed by atoms with Gasteiger partial charge in [0.15, 0.2) is 5.78 Å². The summed E-state index contributed by atoms with van der Waals surface area (Å²) >= 11 is 0. The number of ketones is 1. The quantitative estimate of drug-likeness (QED) is 0.840. The van der Waals surface area contributed by atoms with Crippen molar-refractivity contribution >= 4 is 17.4 Å². The van der Waals surface area contributed by atoms with Gasteiger partial charge in [-0.3, -0.25) is 9.59 Å². The summed E-state index contributed by atoms with van der Waals surface area (Å²) < 4.78 is 0. The molecule has 2 aromatic rings. The number of anilines is 1. The van der Waals surface area contributed by atoms with Crippen LogP contribution in [0.25, 0.3) is 0 Å². The van der Waals surface area contributed by atoms with Gasteiger partial charge in [-0.1, -0.05) is 39.8 Å². The molecular formula is C21H26N2O2. The van der Waals surface area contributed by atoms with Crippen LogP contribution in [-0.2, 0) is 6.42 Å². The summed E-state index contributed by atoms with van der Waals surface area (Å²) in [6.45, 7) is 10.3. The van der Waals surface area contributed by atoms with Crippen molar-refractivity contribution in [3.05, 3.63) is 52.3 Å². The Bertz CT molecular complexity index is 826. The second-order valence-electron chi connectivity index (χ2n) is 8.15. The number of carbonyl (C=O) groups excluding carboxylic acids is 2. The molecule has 3 rings (SSSR count). The number of aromatic amines is 1. The molecule has 0 fully saturated rings. The van der Waals surface area contributed by atoms with Crippen molar-refractivity contribution in [1.29, 1.82) is 0 Å². The van der Waals surface area contributed by atoms with Crippen LogP contribution in [0.2, 0.25) is 0 Å². The summed E-state index contributed by atoms with van der Waals surface area (Å²) in [5.74, 6) is 0.381. The minimum absolute atomic E-state index is 0.0677. The van der Waals surface area contributed by atoms with Gasteiger partial charge in [-0.2, -0.15) is 0 Å². The molecule has 0 aliphatic heterocycles. The summed E-state index contributed by atoms with van der Waals surface area (Å²) in [7, 11) is 0. The van der Waals surface area contributed by atoms with Crippen molar-refractivity contribution in [2.75, 3.05) is 5.32 Å². The van der Waals surface area contributed by atoms with Gasteiger partial charge < -0.3 is 10.3 Å². The van der Waals surface area contributed by atoms with Crippen molar-refractivity contribution in [2.45, 2.75) is 53.4 Å². The van der Waals surface area contributed by atoms with E-state index < -0.39 is 0 Å². The summed E-state index contributed by atoms with van der Waals surface area (Å²) in [6, 6.07) is 7.89. The Kier molecular flexibility index (Phi) is 4.31. The second-order valence-corrected chi connectivity index (χ2v) is 8.15. The van der Waals surface area contributed by atoms with Crippen molar-refractivity contribution in [3.8, 4) is 0 Å². The molecule has 1 aromatic carbocycles. The molecule has 1 amide bonds. The Balaban J connectivity index is 1.85. The highest BCUT2D eigenvalue weighted by Crippen LogP contribution is 2.36. The number of amides is 1. The number of carbonyl (C=O) groups is 2. The first kappa shape index (κ1) is 17.5. The Labute approximate surface area is 149 Å². The van der Waals surface area contributed by atoms with E-state index in [4.69, 9.17) is 0 Å². The first-order chi connectivity index (χ1) is 11.7. The van der Waals surface area contributed by atoms with Crippen LogP contribution in [0.4, 0.5) is 5.69 Å². The van der Waals surface area contributed by atoms with E-state index in [0.29, 0.717) is 23.6 Å². The minimum atomic E-state index is -0.199. The topological polar surface area (TPSA) is 62.0 Å². The molecule has 132 valence electrons. The minimum Gasteiger partial charge on any atom is -0.354 e. The highest BCUT2D eigenvalue weighted by atomic mass is 16.2. The van der Waals surface area contributed by atoms with Gasteiger partial charge in [0.25, 0.3) is 5.91 Å². The van der Waals surface area contributed by atoms with Gasteiger partial charge in [0, 0.05) is 23.4 Å². The third-order valence-corrected chi connectivity index (χ3v) is 4.96. The number of Topliss-reactive ketones (excluding diaryl/α,β-unsaturated/α-hetero) is 1. The number of benzene rings is 1. The number of hydrogen-bond acceptors (Lipinski definition) is 2. The molecular weight excluding hydrogens is 312 g/mol. The lowest BCUT2D eigenvalue weighted by Gasteiger charge is -2.28. The normalized spacial score (nSPS) is 16.0. The van der Waals surface area contributed by atoms with Gasteiger partial charge in [-0.15, -0.1) is 0 Å². The van der Waals surface area contributed by atoms with Gasteiger partial charge in [0.2, 0.25) is 0 Å². The van der Waals surface area contributed by atoms with E-state index in [-0.39, 0.29) is 17.1 Å². The molecule has 1 aromatic heterocycles. The zero-order chi connectivity index (χ0) is 18.4. The van der Waals surface area contributed by atoms with E-state index in [1.807, 2.05) is 31.2 Å². The molecule has 0 bridgehead atoms. The van der Waals surface area contributed by atoms with Crippen LogP contribution in [0.1, 0.15) is 77.7 Å². The Morgan fingerprint density at radius 2 is 1.80 bits per heavy atom. The first-order valence-electron chi connectivity index (χ1n) is 8.84. The fourth-order valence-electron chi connectivity index (χ4n) is 3.60. The van der Waals surface area contributed by atoms with Gasteiger partial charge in [0.05, 0.1) is 0 Å². The molecule has 0 saturated carbocycles. The van der Waals surface area contributed by atoms with Gasteiger partial charge >= 0.3 is 0 Å². The van der Waals surface area contributed by atoms with E-state index in [1.54, 1.807) is 0 Å². The van der Waals surface area contributed by atoms with Crippen LogP contribution >= 0.6 is 0 Å². The molecule has 0 saturated heterocycles. The van der Waals surface area contributed by atoms with Gasteiger partial charge in [-0.05, 0) is 47.9 Å². The Morgan fingerprint density at radius 3 is 2.40 bits per heavy atom. The standard InChI is InChI=1S/C21H26N2O2/c1-12(2)14-6-8-15(9-7-14)22-20(25)19-13(3)18-16(23-19)10-21(4,5)11-17(18)24/h6-9,12,23H,10-11H2,1-5H3,(H,22,25). The maximum absolute atomic E-state index is 12.7. The number of fused-ring (bicyclic) bond motifs is 1. The highest BCUT2D eigenvalue weighted by molar-refractivity contribution is 6.08. The molecule has 0 radical (unpaired) electrons. The van der Waals surface area contributed by atoms with Crippen molar-refractivity contribution in [1.82, 2.24) is 4.98 Å². The molecule has 1 aliphatic carbocycles. The van der Waals surface area contributed by atoms with E-state index >= 15 is 0 Å². The fourth-order valence-corrected chi connectivity index (χ4v) is 3.60. The van der Waals surface area contributed by atoms with Crippen molar-refractivity contribution < 1.29 is 9.59 Å². The molecule has 1 aliphatic rings. The van der Waals surface area contributed by atoms with Crippen LogP contribution in [0.15, 0.2) is 24.3 Å². The molecule has 1 heterocycles. The van der Waals surface area contributed by atoms with Crippen molar-refractivity contribution in [3.63, 3.8) is 0 Å². The molecule has 2 N–H and O–H groups in total. The van der Waals surface area contributed by atoms with Crippen LogP contribution in [0, 0.1) is 12.3 Å². The summed E-state index contributed by atoms with van der Waals surface area (Å²) in [6.07, 6.45) is 1.31. The van der Waals surface area contributed by atoms with Crippen LogP contribution in [-0.4, -0.2) is 16.7 Å². The highest BCUT2D eigenvalue weighted by Gasteiger charge is 2.35. The SMILES string of the molecule is Cc1c(C(=O)Nc2ccc(C(C)C)cc2)[nH]c2c1C(=O)CC(C)(C)C2. The molecule has 4 nitrogen and oxygen atoms in total. The monoisotopic (exact) mass is 338 g/mol. The summed E-state index contributed by atoms with van der Waals surface area (Å²) in [5, 5.41) is 2.93.